The van der Waals surface area contributed by atoms with Crippen LogP contribution in [-0.4, -0.2) is 49.2 Å². The highest BCUT2D eigenvalue weighted by molar-refractivity contribution is 8.17. The zero-order chi connectivity index (χ0) is 28.1. The molecule has 1 amide bonds. The lowest BCUT2D eigenvalue weighted by Gasteiger charge is -2.27. The summed E-state index contributed by atoms with van der Waals surface area (Å²) in [6, 6.07) is 20.1. The lowest BCUT2D eigenvalue weighted by atomic mass is 10.1. The number of aliphatic imine (C=N–C) groups is 1. The molecule has 204 valence electrons. The van der Waals surface area contributed by atoms with Crippen molar-refractivity contribution in [3.8, 4) is 23.0 Å². The highest BCUT2D eigenvalue weighted by Crippen LogP contribution is 2.39. The van der Waals surface area contributed by atoms with Crippen molar-refractivity contribution in [2.24, 2.45) is 4.99 Å². The minimum Gasteiger partial charge on any atom is -0.497 e. The number of thioether (sulfide) groups is 1. The van der Waals surface area contributed by atoms with Crippen LogP contribution in [0.5, 0.6) is 23.0 Å². The van der Waals surface area contributed by atoms with E-state index in [2.05, 4.69) is 4.99 Å². The summed E-state index contributed by atoms with van der Waals surface area (Å²) >= 11 is 7.70. The van der Waals surface area contributed by atoms with Gasteiger partial charge in [-0.3, -0.25) is 15.1 Å². The van der Waals surface area contributed by atoms with E-state index in [0.717, 1.165) is 17.1 Å². The van der Waals surface area contributed by atoms with Crippen LogP contribution in [0.1, 0.15) is 17.5 Å². The van der Waals surface area contributed by atoms with Gasteiger partial charge in [0.25, 0.3) is 5.91 Å². The van der Waals surface area contributed by atoms with Crippen molar-refractivity contribution in [3.63, 3.8) is 0 Å². The molecule has 1 N–H and O–H groups in total. The van der Waals surface area contributed by atoms with E-state index in [4.69, 9.17) is 36.0 Å². The fourth-order valence-electron chi connectivity index (χ4n) is 4.12. The largest absolute Gasteiger partial charge is 0.497 e. The first-order valence-electron chi connectivity index (χ1n) is 12.4. The van der Waals surface area contributed by atoms with Gasteiger partial charge >= 0.3 is 0 Å². The van der Waals surface area contributed by atoms with E-state index >= 15 is 0 Å². The molecule has 0 radical (unpaired) electrons. The molecule has 0 atom stereocenters. The second-order valence-electron chi connectivity index (χ2n) is 8.68. The van der Waals surface area contributed by atoms with Gasteiger partial charge in [-0.15, -0.1) is 0 Å². The van der Waals surface area contributed by atoms with Crippen molar-refractivity contribution >= 4 is 52.0 Å². The van der Waals surface area contributed by atoms with Crippen LogP contribution in [0.25, 0.3) is 11.8 Å². The summed E-state index contributed by atoms with van der Waals surface area (Å²) in [5, 5.41) is 11.7. The number of halogens is 1. The minimum absolute atomic E-state index is 0.0299. The number of methoxy groups -OCH3 is 2. The maximum absolute atomic E-state index is 12.9. The van der Waals surface area contributed by atoms with Crippen LogP contribution in [0.3, 0.4) is 0 Å². The normalized spacial score (nSPS) is 15.5. The highest BCUT2D eigenvalue weighted by atomic mass is 35.5. The number of amidine groups is 2. The van der Waals surface area contributed by atoms with Crippen LogP contribution >= 0.6 is 23.4 Å². The van der Waals surface area contributed by atoms with Gasteiger partial charge in [-0.2, -0.15) is 4.99 Å². The molecule has 2 heterocycles. The highest BCUT2D eigenvalue weighted by Gasteiger charge is 2.36. The third-order valence-electron chi connectivity index (χ3n) is 6.14. The SMILES string of the molecule is COc1ccc(OCCCOc2ccc(/C=C3/C(=N)N4C(c5ccccc5Cl)=CSC4=NC3=O)cc2OC)cc1. The van der Waals surface area contributed by atoms with Crippen molar-refractivity contribution in [2.45, 2.75) is 6.42 Å². The summed E-state index contributed by atoms with van der Waals surface area (Å²) in [6.07, 6.45) is 2.30. The summed E-state index contributed by atoms with van der Waals surface area (Å²) in [5.74, 6) is 2.17. The molecule has 0 saturated heterocycles. The fraction of sp³-hybridized carbons (Fsp3) is 0.167. The summed E-state index contributed by atoms with van der Waals surface area (Å²) in [7, 11) is 3.18. The quantitative estimate of drug-likeness (QED) is 0.217. The Balaban J connectivity index is 1.25. The van der Waals surface area contributed by atoms with Crippen LogP contribution in [0.15, 0.2) is 82.7 Å². The van der Waals surface area contributed by atoms with Crippen LogP contribution in [-0.2, 0) is 4.79 Å². The number of rotatable bonds is 10. The lowest BCUT2D eigenvalue weighted by Crippen LogP contribution is -2.38. The molecule has 2 aliphatic rings. The topological polar surface area (TPSA) is 93.4 Å². The van der Waals surface area contributed by atoms with Crippen LogP contribution < -0.4 is 18.9 Å². The first-order valence-corrected chi connectivity index (χ1v) is 13.7. The third-order valence-corrected chi connectivity index (χ3v) is 7.29. The second-order valence-corrected chi connectivity index (χ2v) is 9.92. The average Bonchev–Trinajstić information content (AvgIpc) is 3.39. The Morgan fingerprint density at radius 2 is 1.70 bits per heavy atom. The first kappa shape index (κ1) is 27.4. The summed E-state index contributed by atoms with van der Waals surface area (Å²) < 4.78 is 22.3. The average molecular weight is 576 g/mol. The molecule has 40 heavy (non-hydrogen) atoms. The molecule has 0 aromatic heterocycles. The molecule has 2 aliphatic heterocycles. The van der Waals surface area contributed by atoms with Gasteiger partial charge in [0.05, 0.1) is 38.7 Å². The number of amides is 1. The number of carbonyl (C=O) groups is 1. The molecule has 0 unspecified atom stereocenters. The second kappa shape index (κ2) is 12.3. The number of fused-ring (bicyclic) bond motifs is 1. The van der Waals surface area contributed by atoms with E-state index in [0.29, 0.717) is 52.6 Å². The van der Waals surface area contributed by atoms with Gasteiger partial charge in [0.2, 0.25) is 0 Å². The Kier molecular flexibility index (Phi) is 8.42. The number of ether oxygens (including phenoxy) is 4. The Morgan fingerprint density at radius 1 is 0.950 bits per heavy atom. The third kappa shape index (κ3) is 5.85. The first-order chi connectivity index (χ1) is 19.5. The number of hydrogen-bond donors (Lipinski definition) is 1. The molecule has 8 nitrogen and oxygen atoms in total. The van der Waals surface area contributed by atoms with E-state index < -0.39 is 5.91 Å². The van der Waals surface area contributed by atoms with Gasteiger partial charge in [-0.1, -0.05) is 47.6 Å². The summed E-state index contributed by atoms with van der Waals surface area (Å²) in [4.78, 5) is 18.7. The van der Waals surface area contributed by atoms with Crippen molar-refractivity contribution in [2.75, 3.05) is 27.4 Å². The van der Waals surface area contributed by atoms with E-state index in [1.165, 1.54) is 11.8 Å². The molecule has 3 aromatic rings. The zero-order valence-corrected chi connectivity index (χ0v) is 23.4. The Labute approximate surface area is 241 Å². The molecular weight excluding hydrogens is 550 g/mol. The Bertz CT molecular complexity index is 1530. The fourth-order valence-corrected chi connectivity index (χ4v) is 5.24. The van der Waals surface area contributed by atoms with Crippen molar-refractivity contribution in [3.05, 3.63) is 93.9 Å². The predicted molar refractivity (Wildman–Crippen MR) is 159 cm³/mol. The Morgan fingerprint density at radius 3 is 2.45 bits per heavy atom. The number of benzene rings is 3. The number of hydrogen-bond acceptors (Lipinski definition) is 7. The van der Waals surface area contributed by atoms with Gasteiger partial charge in [-0.05, 0) is 54.1 Å². The van der Waals surface area contributed by atoms with Crippen molar-refractivity contribution in [1.29, 1.82) is 5.41 Å². The molecule has 0 saturated carbocycles. The molecule has 0 bridgehead atoms. The minimum atomic E-state index is -0.478. The molecule has 0 fully saturated rings. The van der Waals surface area contributed by atoms with Crippen molar-refractivity contribution in [1.82, 2.24) is 4.90 Å². The maximum atomic E-state index is 12.9. The van der Waals surface area contributed by atoms with Crippen LogP contribution in [0, 0.1) is 5.41 Å². The van der Waals surface area contributed by atoms with Gasteiger partial charge in [0.15, 0.2) is 16.7 Å². The molecule has 3 aromatic carbocycles. The van der Waals surface area contributed by atoms with E-state index in [9.17, 15) is 4.79 Å². The smallest absolute Gasteiger partial charge is 0.283 e. The Hall–Kier alpha value is -4.21. The van der Waals surface area contributed by atoms with Gasteiger partial charge in [0, 0.05) is 22.4 Å². The number of carbonyl (C=O) groups excluding carboxylic acids is 1. The van der Waals surface area contributed by atoms with Gasteiger partial charge in [0.1, 0.15) is 17.3 Å². The number of nitrogens with zero attached hydrogens (tertiary/aromatic N) is 2. The van der Waals surface area contributed by atoms with Gasteiger partial charge < -0.3 is 18.9 Å². The molecule has 10 heteroatoms. The van der Waals surface area contributed by atoms with Gasteiger partial charge in [-0.25, -0.2) is 0 Å². The monoisotopic (exact) mass is 575 g/mol. The molecule has 0 spiro atoms. The van der Waals surface area contributed by atoms with Crippen LogP contribution in [0.4, 0.5) is 0 Å². The summed E-state index contributed by atoms with van der Waals surface area (Å²) in [6.45, 7) is 0.919. The standard InChI is InChI=1S/C30H26ClN3O5S/c1-36-20-9-11-21(12-10-20)38-14-5-15-39-26-13-8-19(17-27(26)37-2)16-23-28(32)34-25(18-40-30(34)33-29(23)35)22-6-3-4-7-24(22)31/h3-4,6-13,16-18,32H,5,14-15H2,1-2H3/b23-16-,32-28?. The molecule has 5 rings (SSSR count). The zero-order valence-electron chi connectivity index (χ0n) is 21.8. The predicted octanol–water partition coefficient (Wildman–Crippen LogP) is 6.51. The molecule has 0 aliphatic carbocycles. The van der Waals surface area contributed by atoms with E-state index in [1.54, 1.807) is 43.4 Å². The van der Waals surface area contributed by atoms with E-state index in [-0.39, 0.29) is 11.4 Å². The van der Waals surface area contributed by atoms with Crippen molar-refractivity contribution < 1.29 is 23.7 Å². The maximum Gasteiger partial charge on any atom is 0.283 e. The lowest BCUT2D eigenvalue weighted by molar-refractivity contribution is -0.114. The van der Waals surface area contributed by atoms with E-state index in [1.807, 2.05) is 53.9 Å². The molecular formula is C30H26ClN3O5S. The van der Waals surface area contributed by atoms with Crippen LogP contribution in [0.2, 0.25) is 5.02 Å². The summed E-state index contributed by atoms with van der Waals surface area (Å²) in [5.41, 5.74) is 2.30. The number of nitrogens with one attached hydrogen (secondary N) is 1.